The van der Waals surface area contributed by atoms with Crippen molar-refractivity contribution in [3.8, 4) is 0 Å². The lowest BCUT2D eigenvalue weighted by Crippen LogP contribution is -2.05. The van der Waals surface area contributed by atoms with Gasteiger partial charge in [-0.1, -0.05) is 66.8 Å². The molecule has 0 saturated heterocycles. The SMILES string of the molecule is C=CC1Cc2ccccc2/C=C\c2ccccc21. The molecule has 2 aromatic rings. The predicted octanol–water partition coefficient (Wildman–Crippen LogP) is 4.68. The smallest absolute Gasteiger partial charge is 0.00618 e. The van der Waals surface area contributed by atoms with Crippen molar-refractivity contribution in [2.45, 2.75) is 12.3 Å². The normalized spacial score (nSPS) is 19.0. The Hall–Kier alpha value is -2.08. The van der Waals surface area contributed by atoms with Gasteiger partial charge in [0.15, 0.2) is 0 Å². The lowest BCUT2D eigenvalue weighted by molar-refractivity contribution is 0.833. The number of benzene rings is 2. The van der Waals surface area contributed by atoms with Gasteiger partial charge in [-0.15, -0.1) is 6.58 Å². The molecule has 0 nitrogen and oxygen atoms in total. The van der Waals surface area contributed by atoms with Crippen molar-refractivity contribution in [1.82, 2.24) is 0 Å². The summed E-state index contributed by atoms with van der Waals surface area (Å²) in [5.74, 6) is 0.396. The summed E-state index contributed by atoms with van der Waals surface area (Å²) in [7, 11) is 0. The first kappa shape index (κ1) is 11.0. The van der Waals surface area contributed by atoms with Gasteiger partial charge in [-0.2, -0.15) is 0 Å². The van der Waals surface area contributed by atoms with Crippen molar-refractivity contribution >= 4 is 12.2 Å². The van der Waals surface area contributed by atoms with Crippen LogP contribution in [0.25, 0.3) is 12.2 Å². The highest BCUT2D eigenvalue weighted by Crippen LogP contribution is 2.30. The van der Waals surface area contributed by atoms with E-state index in [1.54, 1.807) is 0 Å². The summed E-state index contributed by atoms with van der Waals surface area (Å²) in [6.07, 6.45) is 7.52. The molecular formula is C18H16. The highest BCUT2D eigenvalue weighted by Gasteiger charge is 2.14. The molecule has 1 unspecified atom stereocenters. The Kier molecular flexibility index (Phi) is 2.85. The number of rotatable bonds is 1. The second kappa shape index (κ2) is 4.66. The number of allylic oxidation sites excluding steroid dienone is 1. The number of hydrogen-bond acceptors (Lipinski definition) is 0. The molecule has 0 fully saturated rings. The molecule has 1 aliphatic carbocycles. The van der Waals surface area contributed by atoms with Crippen molar-refractivity contribution in [3.05, 3.63) is 83.4 Å². The Morgan fingerprint density at radius 3 is 2.39 bits per heavy atom. The summed E-state index contributed by atoms with van der Waals surface area (Å²) in [5, 5.41) is 0. The van der Waals surface area contributed by atoms with E-state index in [0.29, 0.717) is 5.92 Å². The topological polar surface area (TPSA) is 0 Å². The molecule has 0 saturated carbocycles. The van der Waals surface area contributed by atoms with E-state index in [1.165, 1.54) is 22.3 Å². The fourth-order valence-corrected chi connectivity index (χ4v) is 2.62. The van der Waals surface area contributed by atoms with Crippen LogP contribution in [-0.4, -0.2) is 0 Å². The van der Waals surface area contributed by atoms with Crippen LogP contribution in [0.3, 0.4) is 0 Å². The Bertz CT molecular complexity index is 605. The summed E-state index contributed by atoms with van der Waals surface area (Å²) < 4.78 is 0. The van der Waals surface area contributed by atoms with Gasteiger partial charge >= 0.3 is 0 Å². The zero-order valence-electron chi connectivity index (χ0n) is 10.3. The van der Waals surface area contributed by atoms with Crippen molar-refractivity contribution in [3.63, 3.8) is 0 Å². The molecule has 18 heavy (non-hydrogen) atoms. The third kappa shape index (κ3) is 1.91. The van der Waals surface area contributed by atoms with E-state index >= 15 is 0 Å². The minimum absolute atomic E-state index is 0.396. The maximum atomic E-state index is 4.00. The van der Waals surface area contributed by atoms with Crippen LogP contribution in [0.1, 0.15) is 28.2 Å². The van der Waals surface area contributed by atoms with E-state index < -0.39 is 0 Å². The van der Waals surface area contributed by atoms with E-state index in [4.69, 9.17) is 0 Å². The van der Waals surface area contributed by atoms with Crippen LogP contribution in [0.15, 0.2) is 61.2 Å². The van der Waals surface area contributed by atoms with E-state index in [9.17, 15) is 0 Å². The molecule has 0 radical (unpaired) electrons. The van der Waals surface area contributed by atoms with Gasteiger partial charge in [-0.3, -0.25) is 0 Å². The molecule has 3 rings (SSSR count). The second-order valence-corrected chi connectivity index (χ2v) is 4.71. The fraction of sp³-hybridized carbons (Fsp3) is 0.111. The van der Waals surface area contributed by atoms with Gasteiger partial charge in [0.05, 0.1) is 0 Å². The highest BCUT2D eigenvalue weighted by atomic mass is 14.2. The monoisotopic (exact) mass is 232 g/mol. The minimum atomic E-state index is 0.396. The third-order valence-corrected chi connectivity index (χ3v) is 3.62. The van der Waals surface area contributed by atoms with E-state index in [-0.39, 0.29) is 0 Å². The average Bonchev–Trinajstić information content (AvgIpc) is 2.41. The summed E-state index contributed by atoms with van der Waals surface area (Å²) in [6, 6.07) is 17.2. The van der Waals surface area contributed by atoms with Crippen LogP contribution in [0.5, 0.6) is 0 Å². The van der Waals surface area contributed by atoms with Crippen LogP contribution in [0, 0.1) is 0 Å². The third-order valence-electron chi connectivity index (χ3n) is 3.62. The summed E-state index contributed by atoms with van der Waals surface area (Å²) in [6.45, 7) is 4.00. The van der Waals surface area contributed by atoms with Gasteiger partial charge in [-0.25, -0.2) is 0 Å². The first-order valence-corrected chi connectivity index (χ1v) is 6.36. The lowest BCUT2D eigenvalue weighted by Gasteiger charge is -2.19. The predicted molar refractivity (Wildman–Crippen MR) is 78.5 cm³/mol. The molecule has 88 valence electrons. The molecule has 0 aromatic heterocycles. The molecule has 1 aliphatic rings. The largest absolute Gasteiger partial charge is 0.102 e. The van der Waals surface area contributed by atoms with Crippen molar-refractivity contribution in [2.75, 3.05) is 0 Å². The fourth-order valence-electron chi connectivity index (χ4n) is 2.62. The maximum absolute atomic E-state index is 4.00. The molecule has 0 heteroatoms. The quantitative estimate of drug-likeness (QED) is 0.626. The van der Waals surface area contributed by atoms with Crippen molar-refractivity contribution in [2.24, 2.45) is 0 Å². The maximum Gasteiger partial charge on any atom is 0.00618 e. The lowest BCUT2D eigenvalue weighted by atomic mass is 9.85. The van der Waals surface area contributed by atoms with Gasteiger partial charge in [0, 0.05) is 5.92 Å². The molecule has 1 atom stereocenters. The Morgan fingerprint density at radius 2 is 1.56 bits per heavy atom. The second-order valence-electron chi connectivity index (χ2n) is 4.71. The highest BCUT2D eigenvalue weighted by molar-refractivity contribution is 5.74. The standard InChI is InChI=1S/C18H16/c1-2-14-13-17-9-4-3-7-15(17)11-12-16-8-5-6-10-18(14)16/h2-12,14H,1,13H2/b12-11-. The van der Waals surface area contributed by atoms with Crippen molar-refractivity contribution < 1.29 is 0 Å². The van der Waals surface area contributed by atoms with Gasteiger partial charge in [0.1, 0.15) is 0 Å². The van der Waals surface area contributed by atoms with Crippen LogP contribution in [0.2, 0.25) is 0 Å². The first-order valence-electron chi connectivity index (χ1n) is 6.36. The first-order chi connectivity index (χ1) is 8.88. The van der Waals surface area contributed by atoms with E-state index in [2.05, 4.69) is 73.3 Å². The van der Waals surface area contributed by atoms with Crippen LogP contribution < -0.4 is 0 Å². The molecule has 0 spiro atoms. The molecule has 0 bridgehead atoms. The van der Waals surface area contributed by atoms with E-state index in [0.717, 1.165) is 6.42 Å². The summed E-state index contributed by atoms with van der Waals surface area (Å²) in [4.78, 5) is 0. The molecule has 0 heterocycles. The molecule has 0 amide bonds. The van der Waals surface area contributed by atoms with Gasteiger partial charge < -0.3 is 0 Å². The molecule has 0 N–H and O–H groups in total. The summed E-state index contributed by atoms with van der Waals surface area (Å²) in [5.41, 5.74) is 5.39. The Labute approximate surface area is 108 Å². The molecule has 0 aliphatic heterocycles. The molecular weight excluding hydrogens is 216 g/mol. The van der Waals surface area contributed by atoms with Gasteiger partial charge in [-0.05, 0) is 28.7 Å². The average molecular weight is 232 g/mol. The molecule has 2 aromatic carbocycles. The zero-order valence-corrected chi connectivity index (χ0v) is 10.3. The Balaban J connectivity index is 2.18. The van der Waals surface area contributed by atoms with Gasteiger partial charge in [0.25, 0.3) is 0 Å². The number of fused-ring (bicyclic) bond motifs is 2. The Morgan fingerprint density at radius 1 is 0.889 bits per heavy atom. The number of hydrogen-bond donors (Lipinski definition) is 0. The van der Waals surface area contributed by atoms with Crippen LogP contribution in [-0.2, 0) is 6.42 Å². The minimum Gasteiger partial charge on any atom is -0.102 e. The van der Waals surface area contributed by atoms with Gasteiger partial charge in [0.2, 0.25) is 0 Å². The van der Waals surface area contributed by atoms with E-state index in [1.807, 2.05) is 0 Å². The summed E-state index contributed by atoms with van der Waals surface area (Å²) >= 11 is 0. The zero-order chi connectivity index (χ0) is 12.4. The van der Waals surface area contributed by atoms with Crippen molar-refractivity contribution in [1.29, 1.82) is 0 Å². The van der Waals surface area contributed by atoms with Crippen LogP contribution >= 0.6 is 0 Å². The van der Waals surface area contributed by atoms with Crippen LogP contribution in [0.4, 0.5) is 0 Å².